The van der Waals surface area contributed by atoms with Crippen LogP contribution in [0.5, 0.6) is 0 Å². The fourth-order valence-corrected chi connectivity index (χ4v) is 1.92. The van der Waals surface area contributed by atoms with Gasteiger partial charge in [-0.1, -0.05) is 58.8 Å². The second-order valence-corrected chi connectivity index (χ2v) is 4.91. The highest BCUT2D eigenvalue weighted by Crippen LogP contribution is 2.14. The van der Waals surface area contributed by atoms with E-state index in [1.165, 1.54) is 38.5 Å². The van der Waals surface area contributed by atoms with Gasteiger partial charge in [-0.25, -0.2) is 0 Å². The number of hydrogen-bond donors (Lipinski definition) is 2. The lowest BCUT2D eigenvalue weighted by molar-refractivity contribution is -0.135. The summed E-state index contributed by atoms with van der Waals surface area (Å²) in [5.74, 6) is -0.761. The van der Waals surface area contributed by atoms with E-state index in [2.05, 4.69) is 6.92 Å². The van der Waals surface area contributed by atoms with Gasteiger partial charge in [0.15, 0.2) is 0 Å². The molecule has 0 unspecified atom stereocenters. The molecule has 1 atom stereocenters. The summed E-state index contributed by atoms with van der Waals surface area (Å²) in [7, 11) is 0. The molecule has 0 aliphatic rings. The smallest absolute Gasteiger partial charge is 0.309 e. The van der Waals surface area contributed by atoms with Crippen LogP contribution in [-0.4, -0.2) is 16.8 Å². The Labute approximate surface area is 105 Å². The molecule has 100 valence electrons. The highest BCUT2D eigenvalue weighted by molar-refractivity contribution is 5.97. The molecule has 0 radical (unpaired) electrons. The third kappa shape index (κ3) is 10.0. The minimum atomic E-state index is -0.888. The second-order valence-electron chi connectivity index (χ2n) is 4.91. The molecule has 0 heterocycles. The first-order valence-corrected chi connectivity index (χ1v) is 6.87. The average molecular weight is 241 g/mol. The van der Waals surface area contributed by atoms with Crippen LogP contribution in [0.25, 0.3) is 0 Å². The Bertz CT molecular complexity index is 226. The van der Waals surface area contributed by atoms with E-state index in [0.717, 1.165) is 12.8 Å². The molecule has 0 fully saturated rings. The number of nitrogens with one attached hydrogen (secondary N) is 1. The molecule has 3 nitrogen and oxygen atoms in total. The normalized spacial score (nSPS) is 12.4. The number of unbranched alkanes of at least 4 members (excludes halogenated alkanes) is 6. The largest absolute Gasteiger partial charge is 0.481 e. The van der Waals surface area contributed by atoms with Gasteiger partial charge in [0, 0.05) is 5.71 Å². The molecule has 0 aliphatic carbocycles. The molecule has 2 N–H and O–H groups in total. The lowest BCUT2D eigenvalue weighted by Gasteiger charge is -2.11. The lowest BCUT2D eigenvalue weighted by atomic mass is 9.95. The van der Waals surface area contributed by atoms with Crippen LogP contribution in [0.3, 0.4) is 0 Å². The minimum absolute atomic E-state index is 0.0995. The van der Waals surface area contributed by atoms with Crippen molar-refractivity contribution in [2.45, 2.75) is 71.6 Å². The maximum Gasteiger partial charge on any atom is 0.309 e. The van der Waals surface area contributed by atoms with Gasteiger partial charge >= 0.3 is 5.97 Å². The molecular weight excluding hydrogens is 214 g/mol. The molecule has 17 heavy (non-hydrogen) atoms. The Balaban J connectivity index is 3.41. The van der Waals surface area contributed by atoms with Crippen molar-refractivity contribution in [3.05, 3.63) is 0 Å². The third-order valence-corrected chi connectivity index (χ3v) is 3.18. The molecule has 0 aromatic carbocycles. The molecule has 0 aromatic heterocycles. The van der Waals surface area contributed by atoms with Gasteiger partial charge < -0.3 is 10.5 Å². The number of hydrogen-bond acceptors (Lipinski definition) is 2. The van der Waals surface area contributed by atoms with Gasteiger partial charge in [-0.2, -0.15) is 0 Å². The molecule has 3 heteroatoms. The van der Waals surface area contributed by atoms with E-state index >= 15 is 0 Å². The summed E-state index contributed by atoms with van der Waals surface area (Å²) in [5, 5.41) is 16.2. The molecule has 0 bridgehead atoms. The van der Waals surface area contributed by atoms with Crippen LogP contribution >= 0.6 is 0 Å². The summed E-state index contributed by atoms with van der Waals surface area (Å²) < 4.78 is 0. The minimum Gasteiger partial charge on any atom is -0.481 e. The molecule has 0 rings (SSSR count). The Morgan fingerprint density at radius 2 is 1.65 bits per heavy atom. The topological polar surface area (TPSA) is 61.2 Å². The predicted molar refractivity (Wildman–Crippen MR) is 71.8 cm³/mol. The fraction of sp³-hybridized carbons (Fsp3) is 0.857. The highest BCUT2D eigenvalue weighted by atomic mass is 16.4. The van der Waals surface area contributed by atoms with E-state index in [9.17, 15) is 4.79 Å². The fourth-order valence-electron chi connectivity index (χ4n) is 1.92. The average Bonchev–Trinajstić information content (AvgIpc) is 2.26. The first-order valence-electron chi connectivity index (χ1n) is 6.87. The zero-order chi connectivity index (χ0) is 13.1. The second kappa shape index (κ2) is 10.3. The van der Waals surface area contributed by atoms with Gasteiger partial charge in [0.1, 0.15) is 0 Å². The standard InChI is InChI=1S/C14H27NO2/c1-3-4-5-6-7-8-9-10-12(2)13(15)11-14(16)17/h12,15H,3-11H2,1-2H3,(H,16,17)/t12-/m1/s1. The highest BCUT2D eigenvalue weighted by Gasteiger charge is 2.11. The van der Waals surface area contributed by atoms with E-state index in [0.29, 0.717) is 5.71 Å². The predicted octanol–water partition coefficient (Wildman–Crippen LogP) is 4.26. The molecule has 0 saturated carbocycles. The maximum absolute atomic E-state index is 10.5. The zero-order valence-electron chi connectivity index (χ0n) is 11.3. The van der Waals surface area contributed by atoms with Gasteiger partial charge in [0.2, 0.25) is 0 Å². The Morgan fingerprint density at radius 3 is 2.18 bits per heavy atom. The van der Waals surface area contributed by atoms with Crippen LogP contribution in [0.1, 0.15) is 71.6 Å². The van der Waals surface area contributed by atoms with Crippen molar-refractivity contribution >= 4 is 11.7 Å². The molecule has 0 spiro atoms. The summed E-state index contributed by atoms with van der Waals surface area (Å²) in [6, 6.07) is 0. The Hall–Kier alpha value is -0.860. The number of rotatable bonds is 11. The van der Waals surface area contributed by atoms with Gasteiger partial charge in [-0.05, 0) is 12.3 Å². The van der Waals surface area contributed by atoms with Crippen molar-refractivity contribution in [1.29, 1.82) is 5.41 Å². The van der Waals surface area contributed by atoms with Crippen LogP contribution in [0.2, 0.25) is 0 Å². The van der Waals surface area contributed by atoms with Crippen molar-refractivity contribution in [2.24, 2.45) is 5.92 Å². The number of carbonyl (C=O) groups is 1. The Morgan fingerprint density at radius 1 is 1.12 bits per heavy atom. The van der Waals surface area contributed by atoms with E-state index in [-0.39, 0.29) is 12.3 Å². The molecule has 0 aliphatic heterocycles. The summed E-state index contributed by atoms with van der Waals surface area (Å²) in [4.78, 5) is 10.5. The van der Waals surface area contributed by atoms with Crippen LogP contribution in [0, 0.1) is 11.3 Å². The van der Waals surface area contributed by atoms with E-state index < -0.39 is 5.97 Å². The SMILES string of the molecule is CCCCCCCCC[C@@H](C)C(=N)CC(=O)O. The Kier molecular flexibility index (Phi) is 9.78. The van der Waals surface area contributed by atoms with Gasteiger partial charge in [-0.3, -0.25) is 4.79 Å². The summed E-state index contributed by atoms with van der Waals surface area (Å²) >= 11 is 0. The molecule has 0 amide bonds. The van der Waals surface area contributed by atoms with Crippen molar-refractivity contribution in [3.8, 4) is 0 Å². The number of carboxylic acid groups (broad SMARTS) is 1. The quantitative estimate of drug-likeness (QED) is 0.419. The molecular formula is C14H27NO2. The van der Waals surface area contributed by atoms with Gasteiger partial charge in [0.05, 0.1) is 6.42 Å². The van der Waals surface area contributed by atoms with E-state index in [1.54, 1.807) is 0 Å². The molecule has 0 aromatic rings. The lowest BCUT2D eigenvalue weighted by Crippen LogP contribution is -2.14. The van der Waals surface area contributed by atoms with Crippen molar-refractivity contribution in [1.82, 2.24) is 0 Å². The van der Waals surface area contributed by atoms with E-state index in [4.69, 9.17) is 10.5 Å². The van der Waals surface area contributed by atoms with Crippen LogP contribution in [0.15, 0.2) is 0 Å². The van der Waals surface area contributed by atoms with Gasteiger partial charge in [-0.15, -0.1) is 0 Å². The molecule has 0 saturated heterocycles. The van der Waals surface area contributed by atoms with Crippen LogP contribution in [0.4, 0.5) is 0 Å². The van der Waals surface area contributed by atoms with Crippen molar-refractivity contribution < 1.29 is 9.90 Å². The summed E-state index contributed by atoms with van der Waals surface area (Å²) in [5.41, 5.74) is 0.364. The van der Waals surface area contributed by atoms with Crippen LogP contribution in [-0.2, 0) is 4.79 Å². The van der Waals surface area contributed by atoms with Gasteiger partial charge in [0.25, 0.3) is 0 Å². The maximum atomic E-state index is 10.5. The zero-order valence-corrected chi connectivity index (χ0v) is 11.3. The summed E-state index contributed by atoms with van der Waals surface area (Å²) in [6.45, 7) is 4.18. The van der Waals surface area contributed by atoms with Crippen LogP contribution < -0.4 is 0 Å². The number of carboxylic acids is 1. The number of aliphatic carboxylic acids is 1. The van der Waals surface area contributed by atoms with Crippen molar-refractivity contribution in [2.75, 3.05) is 0 Å². The monoisotopic (exact) mass is 241 g/mol. The van der Waals surface area contributed by atoms with E-state index in [1.807, 2.05) is 6.92 Å². The third-order valence-electron chi connectivity index (χ3n) is 3.18. The summed E-state index contributed by atoms with van der Waals surface area (Å²) in [6.07, 6.45) is 9.74. The van der Waals surface area contributed by atoms with Crippen molar-refractivity contribution in [3.63, 3.8) is 0 Å². The first-order chi connectivity index (χ1) is 8.07. The first kappa shape index (κ1) is 16.1.